The lowest BCUT2D eigenvalue weighted by atomic mass is 10.2. The summed E-state index contributed by atoms with van der Waals surface area (Å²) in [6, 6.07) is 11.5. The fourth-order valence-electron chi connectivity index (χ4n) is 2.59. The summed E-state index contributed by atoms with van der Waals surface area (Å²) >= 11 is 1.27. The largest absolute Gasteiger partial charge is 0.497 e. The predicted molar refractivity (Wildman–Crippen MR) is 110 cm³/mol. The molecule has 0 fully saturated rings. The lowest BCUT2D eigenvalue weighted by molar-refractivity contribution is -0.128. The fraction of sp³-hybridized carbons (Fsp3) is 0.350. The maximum Gasteiger partial charge on any atom is 0.233 e. The second-order valence-corrected chi connectivity index (χ2v) is 6.86. The first-order valence-electron chi connectivity index (χ1n) is 8.97. The van der Waals surface area contributed by atoms with Gasteiger partial charge in [-0.2, -0.15) is 10.5 Å². The molecule has 2 rings (SSSR count). The van der Waals surface area contributed by atoms with Crippen LogP contribution in [0.4, 0.5) is 0 Å². The van der Waals surface area contributed by atoms with Gasteiger partial charge in [-0.1, -0.05) is 17.8 Å². The summed E-state index contributed by atoms with van der Waals surface area (Å²) in [5.74, 6) is 1.43. The minimum absolute atomic E-state index is 0.139. The van der Waals surface area contributed by atoms with Gasteiger partial charge in [-0.15, -0.1) is 16.8 Å². The zero-order valence-corrected chi connectivity index (χ0v) is 17.1. The number of allylic oxidation sites excluding steroid dienone is 1. The van der Waals surface area contributed by atoms with Crippen molar-refractivity contribution in [3.63, 3.8) is 0 Å². The topological polar surface area (TPSA) is 108 Å². The van der Waals surface area contributed by atoms with Gasteiger partial charge in [0.15, 0.2) is 11.0 Å². The van der Waals surface area contributed by atoms with E-state index in [0.717, 1.165) is 11.3 Å². The molecule has 0 saturated heterocycles. The second kappa shape index (κ2) is 11.5. The number of rotatable bonds is 11. The van der Waals surface area contributed by atoms with E-state index in [-0.39, 0.29) is 24.5 Å². The van der Waals surface area contributed by atoms with Crippen LogP contribution in [0.25, 0.3) is 11.4 Å². The van der Waals surface area contributed by atoms with Crippen LogP contribution in [0.1, 0.15) is 12.8 Å². The zero-order valence-electron chi connectivity index (χ0n) is 16.2. The number of carbonyl (C=O) groups is 1. The van der Waals surface area contributed by atoms with Crippen molar-refractivity contribution >= 4 is 17.7 Å². The maximum absolute atomic E-state index is 12.5. The number of ether oxygens (including phenoxy) is 1. The Morgan fingerprint density at radius 2 is 1.90 bits per heavy atom. The molecule has 0 bridgehead atoms. The average molecular weight is 411 g/mol. The van der Waals surface area contributed by atoms with Gasteiger partial charge in [-0.05, 0) is 24.3 Å². The van der Waals surface area contributed by atoms with Crippen molar-refractivity contribution in [3.8, 4) is 29.3 Å². The van der Waals surface area contributed by atoms with Crippen LogP contribution < -0.4 is 4.74 Å². The van der Waals surface area contributed by atoms with E-state index in [9.17, 15) is 4.79 Å². The van der Waals surface area contributed by atoms with Crippen LogP contribution in [0.15, 0.2) is 42.1 Å². The minimum Gasteiger partial charge on any atom is -0.497 e. The molecular weight excluding hydrogens is 388 g/mol. The summed E-state index contributed by atoms with van der Waals surface area (Å²) in [4.78, 5) is 14.1. The van der Waals surface area contributed by atoms with E-state index in [1.54, 1.807) is 13.2 Å². The maximum atomic E-state index is 12.5. The van der Waals surface area contributed by atoms with Crippen LogP contribution in [0, 0.1) is 22.7 Å². The van der Waals surface area contributed by atoms with Gasteiger partial charge < -0.3 is 9.64 Å². The summed E-state index contributed by atoms with van der Waals surface area (Å²) in [5, 5.41) is 26.7. The van der Waals surface area contributed by atoms with E-state index in [4.69, 9.17) is 15.3 Å². The molecule has 0 aliphatic heterocycles. The summed E-state index contributed by atoms with van der Waals surface area (Å²) in [7, 11) is 1.61. The smallest absolute Gasteiger partial charge is 0.233 e. The van der Waals surface area contributed by atoms with Gasteiger partial charge in [0.1, 0.15) is 5.75 Å². The molecule has 0 N–H and O–H groups in total. The Balaban J connectivity index is 2.14. The van der Waals surface area contributed by atoms with E-state index < -0.39 is 0 Å². The first-order valence-corrected chi connectivity index (χ1v) is 9.96. The van der Waals surface area contributed by atoms with E-state index in [1.165, 1.54) is 16.7 Å². The van der Waals surface area contributed by atoms with E-state index >= 15 is 0 Å². The number of nitriles is 2. The number of hydrogen-bond acceptors (Lipinski definition) is 7. The van der Waals surface area contributed by atoms with Gasteiger partial charge in [-0.3, -0.25) is 9.36 Å². The molecule has 0 saturated carbocycles. The van der Waals surface area contributed by atoms with E-state index in [2.05, 4.69) is 16.8 Å². The molecular formula is C20H22N6O2S. The molecule has 0 radical (unpaired) electrons. The number of aromatic nitrogens is 3. The minimum atomic E-state index is -0.139. The number of amides is 1. The highest BCUT2D eigenvalue weighted by Crippen LogP contribution is 2.26. The number of hydrogen-bond donors (Lipinski definition) is 0. The van der Waals surface area contributed by atoms with Crippen LogP contribution in [-0.2, 0) is 11.3 Å². The Morgan fingerprint density at radius 3 is 2.45 bits per heavy atom. The lowest BCUT2D eigenvalue weighted by Crippen LogP contribution is -2.34. The molecule has 2 aromatic rings. The molecule has 1 amide bonds. The highest BCUT2D eigenvalue weighted by molar-refractivity contribution is 7.99. The average Bonchev–Trinajstić information content (AvgIpc) is 3.15. The summed E-state index contributed by atoms with van der Waals surface area (Å²) < 4.78 is 7.08. The molecule has 0 aliphatic carbocycles. The molecule has 0 spiro atoms. The number of thioether (sulfide) groups is 1. The van der Waals surface area contributed by atoms with Crippen molar-refractivity contribution in [1.82, 2.24) is 19.7 Å². The Labute approximate surface area is 174 Å². The highest BCUT2D eigenvalue weighted by Gasteiger charge is 2.18. The van der Waals surface area contributed by atoms with Crippen molar-refractivity contribution in [2.45, 2.75) is 24.5 Å². The first kappa shape index (κ1) is 22.0. The standard InChI is InChI=1S/C20H22N6O2S/c1-3-12-26-19(16-6-8-17(28-2)9-7-16)23-24-20(26)29-15-18(27)25(13-4-10-21)14-5-11-22/h3,6-9H,1,4-5,12-15H2,2H3. The summed E-state index contributed by atoms with van der Waals surface area (Å²) in [5.41, 5.74) is 0.878. The molecule has 0 atom stereocenters. The van der Waals surface area contributed by atoms with Gasteiger partial charge in [0.25, 0.3) is 0 Å². The molecule has 8 nitrogen and oxygen atoms in total. The van der Waals surface area contributed by atoms with Gasteiger partial charge in [0.05, 0.1) is 37.8 Å². The summed E-state index contributed by atoms with van der Waals surface area (Å²) in [6.07, 6.45) is 2.21. The third-order valence-electron chi connectivity index (χ3n) is 4.04. The molecule has 9 heteroatoms. The van der Waals surface area contributed by atoms with Crippen molar-refractivity contribution in [1.29, 1.82) is 10.5 Å². The Kier molecular flexibility index (Phi) is 8.74. The molecule has 1 aromatic heterocycles. The second-order valence-electron chi connectivity index (χ2n) is 5.92. The normalized spacial score (nSPS) is 10.0. The van der Waals surface area contributed by atoms with Crippen LogP contribution >= 0.6 is 11.8 Å². The predicted octanol–water partition coefficient (Wildman–Crippen LogP) is 2.89. The molecule has 0 aliphatic rings. The van der Waals surface area contributed by atoms with Crippen LogP contribution in [0.3, 0.4) is 0 Å². The third-order valence-corrected chi connectivity index (χ3v) is 4.99. The van der Waals surface area contributed by atoms with Gasteiger partial charge in [0.2, 0.25) is 5.91 Å². The number of methoxy groups -OCH3 is 1. The van der Waals surface area contributed by atoms with Crippen molar-refractivity contribution in [3.05, 3.63) is 36.9 Å². The summed E-state index contributed by atoms with van der Waals surface area (Å²) in [6.45, 7) is 4.91. The number of benzene rings is 1. The van der Waals surface area contributed by atoms with Crippen LogP contribution in [0.5, 0.6) is 5.75 Å². The fourth-order valence-corrected chi connectivity index (χ4v) is 3.44. The van der Waals surface area contributed by atoms with Gasteiger partial charge in [0, 0.05) is 25.2 Å². The number of carbonyl (C=O) groups excluding carboxylic acids is 1. The first-order chi connectivity index (χ1) is 14.1. The van der Waals surface area contributed by atoms with Gasteiger partial charge in [-0.25, -0.2) is 0 Å². The highest BCUT2D eigenvalue weighted by atomic mass is 32.2. The van der Waals surface area contributed by atoms with Crippen LogP contribution in [0.2, 0.25) is 0 Å². The Hall–Kier alpha value is -3.30. The number of nitrogens with zero attached hydrogens (tertiary/aromatic N) is 6. The zero-order chi connectivity index (χ0) is 21.1. The molecule has 29 heavy (non-hydrogen) atoms. The third kappa shape index (κ3) is 6.09. The monoisotopic (exact) mass is 410 g/mol. The SMILES string of the molecule is C=CCn1c(SCC(=O)N(CCC#N)CCC#N)nnc1-c1ccc(OC)cc1. The van der Waals surface area contributed by atoms with E-state index in [1.807, 2.05) is 41.0 Å². The molecule has 1 heterocycles. The van der Waals surface area contributed by atoms with Crippen LogP contribution in [-0.4, -0.2) is 51.5 Å². The van der Waals surface area contributed by atoms with Gasteiger partial charge >= 0.3 is 0 Å². The lowest BCUT2D eigenvalue weighted by Gasteiger charge is -2.20. The Morgan fingerprint density at radius 1 is 1.24 bits per heavy atom. The molecule has 0 unspecified atom stereocenters. The Bertz CT molecular complexity index is 893. The molecule has 150 valence electrons. The quantitative estimate of drug-likeness (QED) is 0.414. The van der Waals surface area contributed by atoms with Crippen molar-refractivity contribution < 1.29 is 9.53 Å². The van der Waals surface area contributed by atoms with Crippen molar-refractivity contribution in [2.75, 3.05) is 26.0 Å². The van der Waals surface area contributed by atoms with E-state index in [0.29, 0.717) is 30.6 Å². The van der Waals surface area contributed by atoms with Crippen molar-refractivity contribution in [2.24, 2.45) is 0 Å². The molecule has 1 aromatic carbocycles.